The van der Waals surface area contributed by atoms with Gasteiger partial charge in [0.2, 0.25) is 0 Å². The van der Waals surface area contributed by atoms with Crippen LogP contribution in [0.25, 0.3) is 0 Å². The van der Waals surface area contributed by atoms with Gasteiger partial charge in [0.1, 0.15) is 11.8 Å². The van der Waals surface area contributed by atoms with Crippen molar-refractivity contribution in [1.82, 2.24) is 10.2 Å². The smallest absolute Gasteiger partial charge is 0.406 e. The van der Waals surface area contributed by atoms with Crippen molar-refractivity contribution in [2.24, 2.45) is 5.73 Å². The lowest BCUT2D eigenvalue weighted by Crippen LogP contribution is -2.52. The summed E-state index contributed by atoms with van der Waals surface area (Å²) in [6.45, 7) is 0.546. The van der Waals surface area contributed by atoms with Gasteiger partial charge in [-0.15, -0.1) is 37.3 Å². The summed E-state index contributed by atoms with van der Waals surface area (Å²) in [5.41, 5.74) is 7.96. The van der Waals surface area contributed by atoms with Crippen molar-refractivity contribution in [3.8, 4) is 5.75 Å². The highest BCUT2D eigenvalue weighted by Gasteiger charge is 2.39. The Bertz CT molecular complexity index is 1120. The van der Waals surface area contributed by atoms with E-state index in [1.54, 1.807) is 17.2 Å². The van der Waals surface area contributed by atoms with Gasteiger partial charge in [0.05, 0.1) is 11.6 Å². The van der Waals surface area contributed by atoms with Gasteiger partial charge in [0, 0.05) is 29.9 Å². The SMILES string of the molecule is Cl.N[C@H]1CSC2=CC(C(=O)NCc3ccccc3)=CN(Cc3ccc(OC(F)(F)F)cc3)C2C1=O. The first-order valence-electron chi connectivity index (χ1n) is 10.5. The fourth-order valence-electron chi connectivity index (χ4n) is 3.73. The molecule has 1 saturated heterocycles. The first-order chi connectivity index (χ1) is 16.2. The van der Waals surface area contributed by atoms with Gasteiger partial charge in [-0.1, -0.05) is 42.5 Å². The maximum absolute atomic E-state index is 12.9. The number of ketones is 1. The highest BCUT2D eigenvalue weighted by Crippen LogP contribution is 2.36. The highest BCUT2D eigenvalue weighted by molar-refractivity contribution is 8.03. The topological polar surface area (TPSA) is 84.7 Å². The lowest BCUT2D eigenvalue weighted by Gasteiger charge is -2.39. The molecule has 2 aromatic carbocycles. The number of hydrogen-bond donors (Lipinski definition) is 2. The number of fused-ring (bicyclic) bond motifs is 1. The zero-order valence-corrected chi connectivity index (χ0v) is 20.0. The second-order valence-electron chi connectivity index (χ2n) is 7.89. The number of ether oxygens (including phenoxy) is 1. The Kier molecular flexibility index (Phi) is 8.52. The molecule has 35 heavy (non-hydrogen) atoms. The summed E-state index contributed by atoms with van der Waals surface area (Å²) in [5.74, 6) is -0.380. The second kappa shape index (κ2) is 11.2. The summed E-state index contributed by atoms with van der Waals surface area (Å²) >= 11 is 1.43. The van der Waals surface area contributed by atoms with E-state index in [4.69, 9.17) is 5.73 Å². The average Bonchev–Trinajstić information content (AvgIpc) is 2.80. The van der Waals surface area contributed by atoms with Gasteiger partial charge in [-0.05, 0) is 29.3 Å². The summed E-state index contributed by atoms with van der Waals surface area (Å²) in [6.07, 6.45) is -1.47. The van der Waals surface area contributed by atoms with Crippen LogP contribution in [0, 0.1) is 0 Å². The number of carbonyl (C=O) groups is 2. The fraction of sp³-hybridized carbons (Fsp3) is 0.250. The van der Waals surface area contributed by atoms with Crippen LogP contribution in [0.5, 0.6) is 5.75 Å². The van der Waals surface area contributed by atoms with E-state index in [2.05, 4.69) is 10.1 Å². The Labute approximate surface area is 210 Å². The number of nitrogens with two attached hydrogens (primary N) is 1. The molecule has 4 rings (SSSR count). The largest absolute Gasteiger partial charge is 0.573 e. The lowest BCUT2D eigenvalue weighted by molar-refractivity contribution is -0.274. The number of amides is 1. The molecule has 3 N–H and O–H groups in total. The highest BCUT2D eigenvalue weighted by atomic mass is 35.5. The molecule has 0 aliphatic carbocycles. The summed E-state index contributed by atoms with van der Waals surface area (Å²) in [7, 11) is 0. The molecule has 0 radical (unpaired) electrons. The van der Waals surface area contributed by atoms with Crippen molar-refractivity contribution in [2.45, 2.75) is 31.5 Å². The molecule has 1 unspecified atom stereocenters. The van der Waals surface area contributed by atoms with E-state index in [1.807, 2.05) is 30.3 Å². The first kappa shape index (κ1) is 26.7. The number of thioether (sulfide) groups is 1. The van der Waals surface area contributed by atoms with Crippen LogP contribution in [0.4, 0.5) is 13.2 Å². The number of hydrogen-bond acceptors (Lipinski definition) is 6. The van der Waals surface area contributed by atoms with Gasteiger partial charge in [-0.3, -0.25) is 9.59 Å². The van der Waals surface area contributed by atoms with Gasteiger partial charge < -0.3 is 20.7 Å². The van der Waals surface area contributed by atoms with Gasteiger partial charge in [-0.2, -0.15) is 0 Å². The maximum Gasteiger partial charge on any atom is 0.573 e. The van der Waals surface area contributed by atoms with Gasteiger partial charge in [0.15, 0.2) is 5.78 Å². The molecule has 186 valence electrons. The molecule has 11 heteroatoms. The standard InChI is InChI=1S/C24H22F3N3O3S.ClH/c25-24(26,27)33-18-8-6-16(7-9-18)12-30-13-17(10-20-21(30)22(31)19(28)14-34-20)23(32)29-11-15-4-2-1-3-5-15;/h1-10,13,19,21H,11-12,14,28H2,(H,29,32);1H/t19-,21?;/m0./s1. The number of Topliss-reactive ketones (excluding diaryl/α,β-unsaturated/α-hetero) is 1. The summed E-state index contributed by atoms with van der Waals surface area (Å²) < 4.78 is 41.2. The summed E-state index contributed by atoms with van der Waals surface area (Å²) in [6, 6.07) is 13.6. The Morgan fingerprint density at radius 3 is 2.46 bits per heavy atom. The average molecular weight is 526 g/mol. The second-order valence-corrected chi connectivity index (χ2v) is 8.98. The molecule has 2 aliphatic rings. The minimum Gasteiger partial charge on any atom is -0.406 e. The van der Waals surface area contributed by atoms with E-state index in [1.165, 1.54) is 36.0 Å². The number of carbonyl (C=O) groups excluding carboxylic acids is 2. The Morgan fingerprint density at radius 1 is 1.11 bits per heavy atom. The zero-order chi connectivity index (χ0) is 24.3. The number of benzene rings is 2. The van der Waals surface area contributed by atoms with E-state index < -0.39 is 18.4 Å². The molecular weight excluding hydrogens is 503 g/mol. The third-order valence-electron chi connectivity index (χ3n) is 5.35. The lowest BCUT2D eigenvalue weighted by atomic mass is 9.98. The molecule has 0 spiro atoms. The fourth-order valence-corrected chi connectivity index (χ4v) is 4.89. The predicted octanol–water partition coefficient (Wildman–Crippen LogP) is 3.92. The molecule has 6 nitrogen and oxygen atoms in total. The monoisotopic (exact) mass is 525 g/mol. The third kappa shape index (κ3) is 6.81. The van der Waals surface area contributed by atoms with Crippen LogP contribution in [0.3, 0.4) is 0 Å². The number of nitrogens with zero attached hydrogens (tertiary/aromatic N) is 1. The van der Waals surface area contributed by atoms with E-state index in [0.29, 0.717) is 23.4 Å². The Morgan fingerprint density at radius 2 is 1.80 bits per heavy atom. The Balaban J connectivity index is 0.00000342. The van der Waals surface area contributed by atoms with Crippen molar-refractivity contribution in [3.63, 3.8) is 0 Å². The van der Waals surface area contributed by atoms with E-state index >= 15 is 0 Å². The number of nitrogens with one attached hydrogen (secondary N) is 1. The van der Waals surface area contributed by atoms with Crippen molar-refractivity contribution >= 4 is 35.9 Å². The van der Waals surface area contributed by atoms with Crippen LogP contribution in [0.15, 0.2) is 77.4 Å². The molecule has 1 amide bonds. The Hall–Kier alpha value is -2.95. The van der Waals surface area contributed by atoms with E-state index in [-0.39, 0.29) is 36.4 Å². The number of halogens is 4. The molecule has 1 fully saturated rings. The normalized spacial score (nSPS) is 19.7. The van der Waals surface area contributed by atoms with Crippen molar-refractivity contribution in [3.05, 3.63) is 88.5 Å². The maximum atomic E-state index is 12.9. The molecule has 0 saturated carbocycles. The van der Waals surface area contributed by atoms with Crippen LogP contribution in [0.1, 0.15) is 11.1 Å². The molecular formula is C24H23ClF3N3O3S. The molecule has 2 atom stereocenters. The molecule has 2 aliphatic heterocycles. The predicted molar refractivity (Wildman–Crippen MR) is 130 cm³/mol. The minimum atomic E-state index is -4.78. The van der Waals surface area contributed by atoms with Crippen LogP contribution >= 0.6 is 24.2 Å². The van der Waals surface area contributed by atoms with Crippen molar-refractivity contribution < 1.29 is 27.5 Å². The molecule has 2 aromatic rings. The summed E-state index contributed by atoms with van der Waals surface area (Å²) in [5, 5.41) is 2.88. The van der Waals surface area contributed by atoms with Crippen molar-refractivity contribution in [1.29, 1.82) is 0 Å². The van der Waals surface area contributed by atoms with Crippen LogP contribution in [0.2, 0.25) is 0 Å². The number of alkyl halides is 3. The van der Waals surface area contributed by atoms with Crippen LogP contribution in [-0.2, 0) is 22.7 Å². The quantitative estimate of drug-likeness (QED) is 0.595. The van der Waals surface area contributed by atoms with Gasteiger partial charge in [-0.25, -0.2) is 0 Å². The zero-order valence-electron chi connectivity index (χ0n) is 18.3. The van der Waals surface area contributed by atoms with Crippen LogP contribution < -0.4 is 15.8 Å². The van der Waals surface area contributed by atoms with Crippen LogP contribution in [-0.4, -0.2) is 40.8 Å². The number of rotatable bonds is 6. The van der Waals surface area contributed by atoms with E-state index in [0.717, 1.165) is 10.5 Å². The molecule has 0 bridgehead atoms. The molecule has 0 aromatic heterocycles. The van der Waals surface area contributed by atoms with Gasteiger partial charge in [0.25, 0.3) is 5.91 Å². The first-order valence-corrected chi connectivity index (χ1v) is 11.5. The molecule has 2 heterocycles. The van der Waals surface area contributed by atoms with Gasteiger partial charge >= 0.3 is 6.36 Å². The van der Waals surface area contributed by atoms with E-state index in [9.17, 15) is 22.8 Å². The summed E-state index contributed by atoms with van der Waals surface area (Å²) in [4.78, 5) is 28.2. The minimum absolute atomic E-state index is 0. The third-order valence-corrected chi connectivity index (χ3v) is 6.55. The van der Waals surface area contributed by atoms with Crippen molar-refractivity contribution in [2.75, 3.05) is 5.75 Å².